The highest BCUT2D eigenvalue weighted by molar-refractivity contribution is 5.70. The van der Waals surface area contributed by atoms with Crippen LogP contribution in [0.25, 0.3) is 0 Å². The fourth-order valence-corrected chi connectivity index (χ4v) is 1.25. The van der Waals surface area contributed by atoms with E-state index in [1.807, 2.05) is 0 Å². The minimum Gasteiger partial charge on any atom is -0.481 e. The number of cyclic esters (lactones) is 1. The molecule has 0 aromatic rings. The van der Waals surface area contributed by atoms with E-state index in [1.54, 1.807) is 0 Å². The van der Waals surface area contributed by atoms with Crippen LogP contribution in [0.3, 0.4) is 0 Å². The number of methoxy groups -OCH3 is 1. The summed E-state index contributed by atoms with van der Waals surface area (Å²) < 4.78 is 9.64. The topological polar surface area (TPSA) is 76.1 Å². The van der Waals surface area contributed by atoms with Crippen LogP contribution in [0.5, 0.6) is 0 Å². The van der Waals surface area contributed by atoms with Crippen molar-refractivity contribution >= 4 is 12.1 Å². The largest absolute Gasteiger partial charge is 0.481 e. The van der Waals surface area contributed by atoms with Crippen molar-refractivity contribution in [3.8, 4) is 0 Å². The molecule has 1 amide bonds. The second-order valence-corrected chi connectivity index (χ2v) is 3.02. The first-order valence-electron chi connectivity index (χ1n) is 4.29. The molecule has 1 rings (SSSR count). The maximum absolute atomic E-state index is 11.0. The lowest BCUT2D eigenvalue weighted by molar-refractivity contribution is -0.139. The van der Waals surface area contributed by atoms with Crippen molar-refractivity contribution in [2.75, 3.05) is 26.8 Å². The highest BCUT2D eigenvalue weighted by atomic mass is 16.6. The first-order valence-corrected chi connectivity index (χ1v) is 4.29. The molecule has 1 atom stereocenters. The maximum Gasteiger partial charge on any atom is 0.410 e. The van der Waals surface area contributed by atoms with Crippen molar-refractivity contribution in [1.82, 2.24) is 4.90 Å². The Kier molecular flexibility index (Phi) is 3.70. The van der Waals surface area contributed by atoms with Gasteiger partial charge in [-0.3, -0.25) is 4.79 Å². The third kappa shape index (κ3) is 2.88. The van der Waals surface area contributed by atoms with E-state index < -0.39 is 18.2 Å². The Hall–Kier alpha value is -1.30. The summed E-state index contributed by atoms with van der Waals surface area (Å²) in [7, 11) is 1.43. The van der Waals surface area contributed by atoms with Crippen molar-refractivity contribution in [1.29, 1.82) is 0 Å². The van der Waals surface area contributed by atoms with Crippen LogP contribution in [-0.4, -0.2) is 55.0 Å². The third-order valence-corrected chi connectivity index (χ3v) is 2.00. The summed E-state index contributed by atoms with van der Waals surface area (Å²) >= 11 is 0. The lowest BCUT2D eigenvalue weighted by atomic mass is 10.2. The van der Waals surface area contributed by atoms with E-state index in [1.165, 1.54) is 12.0 Å². The lowest BCUT2D eigenvalue weighted by Gasteiger charge is -2.19. The average Bonchev–Trinajstić information content (AvgIpc) is 2.50. The molecule has 0 radical (unpaired) electrons. The predicted octanol–water partition coefficient (Wildman–Crippen LogP) is -0.0717. The van der Waals surface area contributed by atoms with Crippen LogP contribution in [0, 0.1) is 0 Å². The maximum atomic E-state index is 11.0. The number of ether oxygens (including phenoxy) is 2. The van der Waals surface area contributed by atoms with E-state index in [0.717, 1.165) is 0 Å². The molecule has 1 saturated heterocycles. The number of hydrogen-bond donors (Lipinski definition) is 1. The number of rotatable bonds is 5. The van der Waals surface area contributed by atoms with Crippen LogP contribution >= 0.6 is 0 Å². The van der Waals surface area contributed by atoms with Crippen LogP contribution in [0.1, 0.15) is 6.42 Å². The molecule has 80 valence electrons. The highest BCUT2D eigenvalue weighted by Gasteiger charge is 2.25. The van der Waals surface area contributed by atoms with Crippen molar-refractivity contribution in [2.24, 2.45) is 0 Å². The number of carboxylic acids is 1. The zero-order chi connectivity index (χ0) is 10.6. The lowest BCUT2D eigenvalue weighted by Crippen LogP contribution is -2.35. The minimum absolute atomic E-state index is 0.111. The SMILES string of the molecule is COC(CC(=O)O)CN1CCOC1=O. The Morgan fingerprint density at radius 2 is 2.50 bits per heavy atom. The molecular formula is C8H13NO5. The van der Waals surface area contributed by atoms with Gasteiger partial charge in [-0.05, 0) is 0 Å². The van der Waals surface area contributed by atoms with Gasteiger partial charge in [0.25, 0.3) is 0 Å². The molecule has 1 unspecified atom stereocenters. The van der Waals surface area contributed by atoms with Crippen molar-refractivity contribution in [2.45, 2.75) is 12.5 Å². The third-order valence-electron chi connectivity index (χ3n) is 2.00. The number of aliphatic carboxylic acids is 1. The first kappa shape index (κ1) is 10.8. The zero-order valence-corrected chi connectivity index (χ0v) is 7.93. The number of nitrogens with zero attached hydrogens (tertiary/aromatic N) is 1. The normalized spacial score (nSPS) is 18.1. The number of amides is 1. The summed E-state index contributed by atoms with van der Waals surface area (Å²) in [5.74, 6) is -0.940. The summed E-state index contributed by atoms with van der Waals surface area (Å²) in [5.41, 5.74) is 0. The second kappa shape index (κ2) is 4.80. The van der Waals surface area contributed by atoms with E-state index in [-0.39, 0.29) is 13.0 Å². The molecule has 1 aliphatic heterocycles. The second-order valence-electron chi connectivity index (χ2n) is 3.02. The Morgan fingerprint density at radius 1 is 1.79 bits per heavy atom. The Labute approximate surface area is 81.4 Å². The Balaban J connectivity index is 2.39. The molecule has 0 bridgehead atoms. The molecule has 1 fully saturated rings. The Bertz CT molecular complexity index is 230. The fraction of sp³-hybridized carbons (Fsp3) is 0.750. The standard InChI is InChI=1S/C8H13NO5/c1-13-6(4-7(10)11)5-9-2-3-14-8(9)12/h6H,2-5H2,1H3,(H,10,11). The number of carbonyl (C=O) groups is 2. The molecule has 6 heteroatoms. The van der Waals surface area contributed by atoms with Crippen LogP contribution in [0.15, 0.2) is 0 Å². The van der Waals surface area contributed by atoms with Gasteiger partial charge >= 0.3 is 12.1 Å². The summed E-state index contributed by atoms with van der Waals surface area (Å²) in [6, 6.07) is 0. The summed E-state index contributed by atoms with van der Waals surface area (Å²) in [6.45, 7) is 1.13. The van der Waals surface area contributed by atoms with Crippen molar-refractivity contribution in [3.63, 3.8) is 0 Å². The quantitative estimate of drug-likeness (QED) is 0.676. The van der Waals surface area contributed by atoms with Crippen LogP contribution in [-0.2, 0) is 14.3 Å². The van der Waals surface area contributed by atoms with E-state index in [0.29, 0.717) is 13.2 Å². The van der Waals surface area contributed by atoms with Gasteiger partial charge in [0.1, 0.15) is 6.61 Å². The number of carboxylic acid groups (broad SMARTS) is 1. The van der Waals surface area contributed by atoms with Crippen molar-refractivity contribution in [3.05, 3.63) is 0 Å². The van der Waals surface area contributed by atoms with E-state index >= 15 is 0 Å². The molecule has 0 saturated carbocycles. The van der Waals surface area contributed by atoms with E-state index in [4.69, 9.17) is 14.6 Å². The monoisotopic (exact) mass is 203 g/mol. The summed E-state index contributed by atoms with van der Waals surface area (Å²) in [5, 5.41) is 8.54. The van der Waals surface area contributed by atoms with Gasteiger partial charge in [0.15, 0.2) is 0 Å². The number of hydrogen-bond acceptors (Lipinski definition) is 4. The van der Waals surface area contributed by atoms with Gasteiger partial charge in [0.05, 0.1) is 25.6 Å². The van der Waals surface area contributed by atoms with Gasteiger partial charge in [-0.15, -0.1) is 0 Å². The van der Waals surface area contributed by atoms with E-state index in [9.17, 15) is 9.59 Å². The zero-order valence-electron chi connectivity index (χ0n) is 7.93. The van der Waals surface area contributed by atoms with Crippen LogP contribution in [0.4, 0.5) is 4.79 Å². The van der Waals surface area contributed by atoms with Crippen LogP contribution in [0.2, 0.25) is 0 Å². The predicted molar refractivity (Wildman–Crippen MR) is 46.0 cm³/mol. The van der Waals surface area contributed by atoms with Gasteiger partial charge in [-0.2, -0.15) is 0 Å². The average molecular weight is 203 g/mol. The fourth-order valence-electron chi connectivity index (χ4n) is 1.25. The van der Waals surface area contributed by atoms with Gasteiger partial charge in [-0.1, -0.05) is 0 Å². The molecule has 0 aromatic heterocycles. The summed E-state index contributed by atoms with van der Waals surface area (Å²) in [4.78, 5) is 22.9. The molecule has 1 N–H and O–H groups in total. The smallest absolute Gasteiger partial charge is 0.410 e. The molecule has 0 aliphatic carbocycles. The Morgan fingerprint density at radius 3 is 2.93 bits per heavy atom. The van der Waals surface area contributed by atoms with Crippen LogP contribution < -0.4 is 0 Å². The van der Waals surface area contributed by atoms with E-state index in [2.05, 4.69) is 0 Å². The van der Waals surface area contributed by atoms with Gasteiger partial charge < -0.3 is 19.5 Å². The molecule has 1 heterocycles. The molecule has 0 aromatic carbocycles. The molecule has 1 aliphatic rings. The number of carbonyl (C=O) groups excluding carboxylic acids is 1. The molecule has 6 nitrogen and oxygen atoms in total. The minimum atomic E-state index is -0.940. The summed E-state index contributed by atoms with van der Waals surface area (Å²) in [6.07, 6.45) is -0.990. The molecule has 14 heavy (non-hydrogen) atoms. The molecular weight excluding hydrogens is 190 g/mol. The van der Waals surface area contributed by atoms with Gasteiger partial charge in [0.2, 0.25) is 0 Å². The van der Waals surface area contributed by atoms with Crippen molar-refractivity contribution < 1.29 is 24.2 Å². The van der Waals surface area contributed by atoms with Gasteiger partial charge in [0, 0.05) is 7.11 Å². The van der Waals surface area contributed by atoms with Gasteiger partial charge in [-0.25, -0.2) is 4.79 Å². The molecule has 0 spiro atoms. The first-order chi connectivity index (χ1) is 6.63. The highest BCUT2D eigenvalue weighted by Crippen LogP contribution is 2.07.